The van der Waals surface area contributed by atoms with Crippen LogP contribution >= 0.6 is 0 Å². The van der Waals surface area contributed by atoms with E-state index in [1.165, 1.54) is 26.1 Å². The van der Waals surface area contributed by atoms with Crippen molar-refractivity contribution in [2.75, 3.05) is 39.3 Å². The number of hydrogen-bond acceptors (Lipinski definition) is 2. The smallest absolute Gasteiger partial charge is 0.125 e. The van der Waals surface area contributed by atoms with E-state index < -0.39 is 6.17 Å². The fraction of sp³-hybridized carbons (Fsp3) is 1.00. The molecular weight excluding hydrogens is 239 g/mol. The van der Waals surface area contributed by atoms with Crippen LogP contribution in [0.2, 0.25) is 0 Å². The zero-order valence-corrected chi connectivity index (χ0v) is 13.4. The number of nitrogens with zero attached hydrogens (tertiary/aromatic N) is 2. The summed E-state index contributed by atoms with van der Waals surface area (Å²) in [6.45, 7) is 17.7. The molecule has 19 heavy (non-hydrogen) atoms. The van der Waals surface area contributed by atoms with Gasteiger partial charge < -0.3 is 4.90 Å². The van der Waals surface area contributed by atoms with Gasteiger partial charge in [-0.1, -0.05) is 34.6 Å². The third-order valence-electron chi connectivity index (χ3n) is 4.14. The van der Waals surface area contributed by atoms with Gasteiger partial charge >= 0.3 is 0 Å². The first kappa shape index (κ1) is 15.2. The molecule has 0 N–H and O–H groups in total. The minimum atomic E-state index is -0.568. The molecule has 3 heteroatoms. The number of hydrogen-bond donors (Lipinski definition) is 0. The molecule has 2 rings (SSSR count). The van der Waals surface area contributed by atoms with Crippen LogP contribution in [0.1, 0.15) is 41.0 Å². The molecule has 2 aliphatic rings. The lowest BCUT2D eigenvalue weighted by molar-refractivity contribution is 0.00219. The molecular formula is C16H31FN2. The van der Waals surface area contributed by atoms with Crippen molar-refractivity contribution >= 4 is 0 Å². The second kappa shape index (κ2) is 5.33. The molecule has 0 bridgehead atoms. The van der Waals surface area contributed by atoms with E-state index in [9.17, 15) is 4.39 Å². The average Bonchev–Trinajstić information content (AvgIpc) is 2.09. The van der Waals surface area contributed by atoms with Gasteiger partial charge in [-0.05, 0) is 23.2 Å². The zero-order valence-electron chi connectivity index (χ0n) is 13.4. The fourth-order valence-corrected chi connectivity index (χ4v) is 3.69. The summed E-state index contributed by atoms with van der Waals surface area (Å²) in [7, 11) is 0. The number of rotatable bonds is 5. The van der Waals surface area contributed by atoms with Gasteiger partial charge in [0.15, 0.2) is 0 Å². The maximum atomic E-state index is 12.8. The van der Waals surface area contributed by atoms with Crippen LogP contribution in [0.15, 0.2) is 0 Å². The molecule has 112 valence electrons. The Balaban J connectivity index is 1.65. The number of halogens is 1. The highest BCUT2D eigenvalue weighted by Crippen LogP contribution is 2.34. The minimum Gasteiger partial charge on any atom is -0.302 e. The van der Waals surface area contributed by atoms with E-state index in [4.69, 9.17) is 0 Å². The zero-order chi connectivity index (χ0) is 14.3. The normalized spacial score (nSPS) is 24.3. The third-order valence-corrected chi connectivity index (χ3v) is 4.14. The summed E-state index contributed by atoms with van der Waals surface area (Å²) in [6.07, 6.45) is 0.711. The van der Waals surface area contributed by atoms with Gasteiger partial charge in [-0.2, -0.15) is 0 Å². The molecule has 2 aliphatic heterocycles. The van der Waals surface area contributed by atoms with Crippen LogP contribution < -0.4 is 0 Å². The molecule has 2 saturated heterocycles. The number of alkyl halides is 1. The molecule has 0 aliphatic carbocycles. The van der Waals surface area contributed by atoms with Crippen molar-refractivity contribution in [2.45, 2.75) is 47.2 Å². The lowest BCUT2D eigenvalue weighted by Gasteiger charge is -2.47. The summed E-state index contributed by atoms with van der Waals surface area (Å²) in [5, 5.41) is 0. The summed E-state index contributed by atoms with van der Waals surface area (Å²) < 4.78 is 12.8. The minimum absolute atomic E-state index is 0.332. The topological polar surface area (TPSA) is 6.48 Å². The highest BCUT2D eigenvalue weighted by atomic mass is 19.1. The third kappa shape index (κ3) is 4.71. The quantitative estimate of drug-likeness (QED) is 0.757. The van der Waals surface area contributed by atoms with Gasteiger partial charge in [-0.3, -0.25) is 4.90 Å². The number of likely N-dealkylation sites (tertiary alicyclic amines) is 2. The Morgan fingerprint density at radius 2 is 1.42 bits per heavy atom. The van der Waals surface area contributed by atoms with Crippen LogP contribution in [0, 0.1) is 16.7 Å². The van der Waals surface area contributed by atoms with Gasteiger partial charge in [-0.15, -0.1) is 0 Å². The molecule has 0 amide bonds. The molecule has 0 radical (unpaired) electrons. The monoisotopic (exact) mass is 270 g/mol. The van der Waals surface area contributed by atoms with Crippen LogP contribution in [0.5, 0.6) is 0 Å². The van der Waals surface area contributed by atoms with Crippen molar-refractivity contribution in [3.8, 4) is 0 Å². The predicted molar refractivity (Wildman–Crippen MR) is 79.1 cm³/mol. The van der Waals surface area contributed by atoms with Gasteiger partial charge in [0.25, 0.3) is 0 Å². The molecule has 0 unspecified atom stereocenters. The van der Waals surface area contributed by atoms with Crippen molar-refractivity contribution in [1.82, 2.24) is 9.80 Å². The molecule has 0 aromatic carbocycles. The van der Waals surface area contributed by atoms with Crippen LogP contribution in [0.3, 0.4) is 0 Å². The first-order chi connectivity index (χ1) is 8.63. The average molecular weight is 270 g/mol. The van der Waals surface area contributed by atoms with Crippen LogP contribution in [0.25, 0.3) is 0 Å². The maximum absolute atomic E-state index is 12.8. The van der Waals surface area contributed by atoms with E-state index >= 15 is 0 Å². The molecule has 2 fully saturated rings. The standard InChI is InChI=1S/C16H31FN2/c1-15(2,3)11-18-7-13(8-18)6-16(4,5)12-19-9-14(17)10-19/h13-14H,6-12H2,1-5H3. The molecule has 2 heterocycles. The fourth-order valence-electron chi connectivity index (χ4n) is 3.69. The molecule has 0 atom stereocenters. The van der Waals surface area contributed by atoms with E-state index in [1.54, 1.807) is 0 Å². The van der Waals surface area contributed by atoms with Gasteiger partial charge in [0, 0.05) is 39.3 Å². The molecule has 0 spiro atoms. The summed E-state index contributed by atoms with van der Waals surface area (Å²) in [5.74, 6) is 0.847. The van der Waals surface area contributed by atoms with E-state index in [0.717, 1.165) is 12.5 Å². The van der Waals surface area contributed by atoms with E-state index in [2.05, 4.69) is 44.4 Å². The first-order valence-corrected chi connectivity index (χ1v) is 7.72. The highest BCUT2D eigenvalue weighted by Gasteiger charge is 2.36. The largest absolute Gasteiger partial charge is 0.302 e. The Hall–Kier alpha value is -0.150. The summed E-state index contributed by atoms with van der Waals surface area (Å²) in [4.78, 5) is 4.83. The Morgan fingerprint density at radius 3 is 1.89 bits per heavy atom. The highest BCUT2D eigenvalue weighted by molar-refractivity contribution is 4.90. The van der Waals surface area contributed by atoms with Gasteiger partial charge in [0.05, 0.1) is 0 Å². The lowest BCUT2D eigenvalue weighted by atomic mass is 9.78. The Kier molecular flexibility index (Phi) is 4.27. The Labute approximate surface area is 118 Å². The van der Waals surface area contributed by atoms with Crippen molar-refractivity contribution in [3.63, 3.8) is 0 Å². The summed E-state index contributed by atoms with van der Waals surface area (Å²) >= 11 is 0. The second-order valence-electron chi connectivity index (χ2n) is 8.78. The Morgan fingerprint density at radius 1 is 0.895 bits per heavy atom. The van der Waals surface area contributed by atoms with E-state index in [1.807, 2.05) is 0 Å². The van der Waals surface area contributed by atoms with Gasteiger partial charge in [0.2, 0.25) is 0 Å². The van der Waals surface area contributed by atoms with Crippen LogP contribution in [0.4, 0.5) is 4.39 Å². The molecule has 2 nitrogen and oxygen atoms in total. The predicted octanol–water partition coefficient (Wildman–Crippen LogP) is 3.03. The molecule has 0 aromatic heterocycles. The van der Waals surface area contributed by atoms with E-state index in [-0.39, 0.29) is 0 Å². The Bertz CT molecular complexity index is 296. The lowest BCUT2D eigenvalue weighted by Crippen LogP contribution is -2.54. The first-order valence-electron chi connectivity index (χ1n) is 7.72. The van der Waals surface area contributed by atoms with Gasteiger partial charge in [0.1, 0.15) is 6.17 Å². The molecule has 0 aromatic rings. The van der Waals surface area contributed by atoms with Crippen molar-refractivity contribution in [3.05, 3.63) is 0 Å². The second-order valence-corrected chi connectivity index (χ2v) is 8.78. The van der Waals surface area contributed by atoms with Crippen molar-refractivity contribution < 1.29 is 4.39 Å². The van der Waals surface area contributed by atoms with Crippen LogP contribution in [-0.2, 0) is 0 Å². The van der Waals surface area contributed by atoms with E-state index in [0.29, 0.717) is 23.9 Å². The molecule has 0 saturated carbocycles. The van der Waals surface area contributed by atoms with Crippen molar-refractivity contribution in [2.24, 2.45) is 16.7 Å². The SMILES string of the molecule is CC(C)(C)CN1CC(CC(C)(C)CN2CC(F)C2)C1. The van der Waals surface area contributed by atoms with Crippen molar-refractivity contribution in [1.29, 1.82) is 0 Å². The summed E-state index contributed by atoms with van der Waals surface area (Å²) in [5.41, 5.74) is 0.743. The summed E-state index contributed by atoms with van der Waals surface area (Å²) in [6, 6.07) is 0. The maximum Gasteiger partial charge on any atom is 0.125 e. The van der Waals surface area contributed by atoms with Gasteiger partial charge in [-0.25, -0.2) is 4.39 Å². The van der Waals surface area contributed by atoms with Crippen LogP contribution in [-0.4, -0.2) is 55.2 Å².